The van der Waals surface area contributed by atoms with Gasteiger partial charge in [-0.15, -0.1) is 0 Å². The molecule has 4 nitrogen and oxygen atoms in total. The van der Waals surface area contributed by atoms with Gasteiger partial charge in [0.05, 0.1) is 0 Å². The largest absolute Gasteiger partial charge is 0.506 e. The fourth-order valence-corrected chi connectivity index (χ4v) is 0.682. The van der Waals surface area contributed by atoms with Crippen LogP contribution in [-0.2, 0) is 0 Å². The Balaban J connectivity index is 3.23. The Morgan fingerprint density at radius 1 is 1.33 bits per heavy atom. The lowest BCUT2D eigenvalue weighted by atomic mass is 10.3. The molecule has 4 N–H and O–H groups in total. The summed E-state index contributed by atoms with van der Waals surface area (Å²) in [5.41, 5.74) is 4.19. The van der Waals surface area contributed by atoms with Crippen molar-refractivity contribution in [3.63, 3.8) is 0 Å². The predicted octanol–water partition coefficient (Wildman–Crippen LogP) is 1.01. The maximum absolute atomic E-state index is 12.0. The first-order valence-electron chi connectivity index (χ1n) is 2.99. The van der Waals surface area contributed by atoms with E-state index in [0.29, 0.717) is 0 Å². The van der Waals surface area contributed by atoms with E-state index in [1.807, 2.05) is 0 Å². The molecular formula is C6H6F2N2O2. The van der Waals surface area contributed by atoms with E-state index in [9.17, 15) is 8.78 Å². The summed E-state index contributed by atoms with van der Waals surface area (Å²) in [4.78, 5) is 3.10. The van der Waals surface area contributed by atoms with Gasteiger partial charge in [0.2, 0.25) is 0 Å². The zero-order valence-electron chi connectivity index (χ0n) is 5.83. The molecule has 0 aliphatic carbocycles. The van der Waals surface area contributed by atoms with Crippen LogP contribution in [0.25, 0.3) is 0 Å². The molecule has 0 bridgehead atoms. The number of pyridine rings is 1. The monoisotopic (exact) mass is 176 g/mol. The highest BCUT2D eigenvalue weighted by Gasteiger charge is 2.16. The van der Waals surface area contributed by atoms with Gasteiger partial charge in [0.15, 0.2) is 17.3 Å². The Labute approximate surface area is 66.3 Å². The van der Waals surface area contributed by atoms with Crippen molar-refractivity contribution >= 4 is 5.82 Å². The maximum Gasteiger partial charge on any atom is 0.284 e. The molecule has 0 saturated heterocycles. The van der Waals surface area contributed by atoms with Crippen molar-refractivity contribution in [3.8, 4) is 11.5 Å². The normalized spacial score (nSPS) is 10.6. The smallest absolute Gasteiger partial charge is 0.284 e. The Bertz CT molecular complexity index is 304. The number of nitrogens with zero attached hydrogens (tertiary/aromatic N) is 1. The number of hydrogen-bond acceptors (Lipinski definition) is 4. The standard InChI is InChI=1S/C6H6F2N2O2/c7-5(8)4-2(11)1-3(12)6(9)10-4/h1,5,11-12H,(H2,9,10). The number of alkyl halides is 2. The van der Waals surface area contributed by atoms with Crippen molar-refractivity contribution in [1.82, 2.24) is 4.98 Å². The molecule has 0 unspecified atom stereocenters. The maximum atomic E-state index is 12.0. The van der Waals surface area contributed by atoms with Crippen LogP contribution in [0.4, 0.5) is 14.6 Å². The summed E-state index contributed by atoms with van der Waals surface area (Å²) < 4.78 is 24.0. The quantitative estimate of drug-likeness (QED) is 0.596. The summed E-state index contributed by atoms with van der Waals surface area (Å²) in [6, 6.07) is 0.726. The molecule has 0 radical (unpaired) electrons. The van der Waals surface area contributed by atoms with Gasteiger partial charge in [-0.05, 0) is 0 Å². The van der Waals surface area contributed by atoms with E-state index >= 15 is 0 Å². The summed E-state index contributed by atoms with van der Waals surface area (Å²) in [6.45, 7) is 0. The minimum absolute atomic E-state index is 0.428. The van der Waals surface area contributed by atoms with Gasteiger partial charge < -0.3 is 15.9 Å². The van der Waals surface area contributed by atoms with Gasteiger partial charge in [0.1, 0.15) is 5.75 Å². The third-order valence-corrected chi connectivity index (χ3v) is 1.25. The van der Waals surface area contributed by atoms with E-state index in [1.54, 1.807) is 0 Å². The van der Waals surface area contributed by atoms with E-state index in [1.165, 1.54) is 0 Å². The molecule has 0 saturated carbocycles. The highest BCUT2D eigenvalue weighted by atomic mass is 19.3. The predicted molar refractivity (Wildman–Crippen MR) is 36.9 cm³/mol. The molecule has 6 heteroatoms. The summed E-state index contributed by atoms with van der Waals surface area (Å²) >= 11 is 0. The summed E-state index contributed by atoms with van der Waals surface area (Å²) in [5, 5.41) is 17.6. The van der Waals surface area contributed by atoms with Crippen LogP contribution in [0.5, 0.6) is 11.5 Å². The SMILES string of the molecule is Nc1nc(C(F)F)c(O)cc1O. The van der Waals surface area contributed by atoms with E-state index in [0.717, 1.165) is 6.07 Å². The third-order valence-electron chi connectivity index (χ3n) is 1.25. The molecule has 1 rings (SSSR count). The van der Waals surface area contributed by atoms with Crippen LogP contribution < -0.4 is 5.73 Å². The molecule has 0 spiro atoms. The molecule has 0 amide bonds. The minimum Gasteiger partial charge on any atom is -0.506 e. The summed E-state index contributed by atoms with van der Waals surface area (Å²) in [6.07, 6.45) is -2.91. The van der Waals surface area contributed by atoms with Crippen LogP contribution in [0.3, 0.4) is 0 Å². The summed E-state index contributed by atoms with van der Waals surface area (Å²) in [7, 11) is 0. The average Bonchev–Trinajstić information content (AvgIpc) is 1.96. The number of nitrogen functional groups attached to an aromatic ring is 1. The topological polar surface area (TPSA) is 79.4 Å². The number of aromatic nitrogens is 1. The Hall–Kier alpha value is -1.59. The molecular weight excluding hydrogens is 170 g/mol. The molecule has 1 heterocycles. The lowest BCUT2D eigenvalue weighted by Crippen LogP contribution is -1.96. The van der Waals surface area contributed by atoms with Crippen molar-refractivity contribution < 1.29 is 19.0 Å². The van der Waals surface area contributed by atoms with Crippen LogP contribution in [0, 0.1) is 0 Å². The van der Waals surface area contributed by atoms with E-state index in [-0.39, 0.29) is 0 Å². The van der Waals surface area contributed by atoms with Gasteiger partial charge in [0, 0.05) is 6.07 Å². The van der Waals surface area contributed by atoms with Gasteiger partial charge in [-0.3, -0.25) is 0 Å². The zero-order valence-corrected chi connectivity index (χ0v) is 5.83. The number of halogens is 2. The van der Waals surface area contributed by atoms with Crippen LogP contribution in [0.2, 0.25) is 0 Å². The second kappa shape index (κ2) is 2.80. The second-order valence-electron chi connectivity index (χ2n) is 2.10. The summed E-state index contributed by atoms with van der Waals surface area (Å²) in [5.74, 6) is -1.71. The molecule has 0 aliphatic heterocycles. The third kappa shape index (κ3) is 1.36. The number of hydrogen-bond donors (Lipinski definition) is 3. The fraction of sp³-hybridized carbons (Fsp3) is 0.167. The van der Waals surface area contributed by atoms with Gasteiger partial charge in [-0.1, -0.05) is 0 Å². The number of aromatic hydroxyl groups is 2. The second-order valence-corrected chi connectivity index (χ2v) is 2.10. The molecule has 66 valence electrons. The Morgan fingerprint density at radius 3 is 2.42 bits per heavy atom. The van der Waals surface area contributed by atoms with E-state index in [2.05, 4.69) is 4.98 Å². The molecule has 0 aliphatic rings. The minimum atomic E-state index is -2.91. The van der Waals surface area contributed by atoms with Gasteiger partial charge in [-0.2, -0.15) is 0 Å². The van der Waals surface area contributed by atoms with Gasteiger partial charge in [0.25, 0.3) is 6.43 Å². The first-order valence-corrected chi connectivity index (χ1v) is 2.99. The lowest BCUT2D eigenvalue weighted by Gasteiger charge is -2.04. The van der Waals surface area contributed by atoms with Gasteiger partial charge >= 0.3 is 0 Å². The first kappa shape index (κ1) is 8.51. The fourth-order valence-electron chi connectivity index (χ4n) is 0.682. The zero-order chi connectivity index (χ0) is 9.30. The highest BCUT2D eigenvalue weighted by molar-refractivity contribution is 5.50. The van der Waals surface area contributed by atoms with Crippen molar-refractivity contribution in [1.29, 1.82) is 0 Å². The van der Waals surface area contributed by atoms with E-state index < -0.39 is 29.4 Å². The van der Waals surface area contributed by atoms with Crippen molar-refractivity contribution in [2.75, 3.05) is 5.73 Å². The number of nitrogens with two attached hydrogens (primary N) is 1. The molecule has 0 aromatic carbocycles. The highest BCUT2D eigenvalue weighted by Crippen LogP contribution is 2.31. The van der Waals surface area contributed by atoms with Crippen molar-refractivity contribution in [2.45, 2.75) is 6.43 Å². The molecule has 1 aromatic heterocycles. The van der Waals surface area contributed by atoms with Crippen molar-refractivity contribution in [3.05, 3.63) is 11.8 Å². The molecule has 1 aromatic rings. The first-order chi connectivity index (χ1) is 5.52. The molecule has 12 heavy (non-hydrogen) atoms. The molecule has 0 fully saturated rings. The van der Waals surface area contributed by atoms with Crippen LogP contribution in [-0.4, -0.2) is 15.2 Å². The number of rotatable bonds is 1. The Morgan fingerprint density at radius 2 is 1.92 bits per heavy atom. The Kier molecular flexibility index (Phi) is 1.99. The lowest BCUT2D eigenvalue weighted by molar-refractivity contribution is 0.142. The molecule has 0 atom stereocenters. The van der Waals surface area contributed by atoms with Crippen LogP contribution >= 0.6 is 0 Å². The van der Waals surface area contributed by atoms with Gasteiger partial charge in [-0.25, -0.2) is 13.8 Å². The number of anilines is 1. The van der Waals surface area contributed by atoms with Crippen molar-refractivity contribution in [2.24, 2.45) is 0 Å². The van der Waals surface area contributed by atoms with E-state index in [4.69, 9.17) is 15.9 Å². The average molecular weight is 176 g/mol. The van der Waals surface area contributed by atoms with Crippen LogP contribution in [0.1, 0.15) is 12.1 Å². The van der Waals surface area contributed by atoms with Crippen LogP contribution in [0.15, 0.2) is 6.07 Å².